The number of nitrogens with zero attached hydrogens (tertiary/aromatic N) is 1. The Morgan fingerprint density at radius 1 is 1.59 bits per heavy atom. The van der Waals surface area contributed by atoms with Crippen LogP contribution in [-0.2, 0) is 0 Å². The van der Waals surface area contributed by atoms with E-state index in [-0.39, 0.29) is 5.91 Å². The van der Waals surface area contributed by atoms with Crippen molar-refractivity contribution in [1.29, 1.82) is 0 Å². The highest BCUT2D eigenvalue weighted by Crippen LogP contribution is 2.07. The van der Waals surface area contributed by atoms with Crippen LogP contribution in [0.2, 0.25) is 0 Å². The highest BCUT2D eigenvalue weighted by atomic mass is 16.1. The lowest BCUT2D eigenvalue weighted by Gasteiger charge is -2.14. The molecule has 1 unspecified atom stereocenters. The average Bonchev–Trinajstić information content (AvgIpc) is 2.34. The third-order valence-electron chi connectivity index (χ3n) is 2.93. The zero-order chi connectivity index (χ0) is 12.7. The summed E-state index contributed by atoms with van der Waals surface area (Å²) in [4.78, 5) is 16.0. The van der Waals surface area contributed by atoms with Crippen molar-refractivity contribution in [2.24, 2.45) is 11.7 Å². The fourth-order valence-corrected chi connectivity index (χ4v) is 1.73. The summed E-state index contributed by atoms with van der Waals surface area (Å²) < 4.78 is 0. The first-order chi connectivity index (χ1) is 8.19. The molecule has 0 fully saturated rings. The van der Waals surface area contributed by atoms with Gasteiger partial charge >= 0.3 is 0 Å². The van der Waals surface area contributed by atoms with Crippen LogP contribution < -0.4 is 11.1 Å². The molecule has 4 nitrogen and oxygen atoms in total. The fraction of sp³-hybridized carbons (Fsp3) is 0.538. The van der Waals surface area contributed by atoms with E-state index in [4.69, 9.17) is 5.73 Å². The molecule has 0 aliphatic heterocycles. The van der Waals surface area contributed by atoms with E-state index in [0.717, 1.165) is 18.4 Å². The quantitative estimate of drug-likeness (QED) is 0.785. The van der Waals surface area contributed by atoms with Gasteiger partial charge in [-0.15, -0.1) is 0 Å². The topological polar surface area (TPSA) is 68.0 Å². The number of carbonyl (C=O) groups excluding carboxylic acids is 1. The Bertz CT molecular complexity index is 365. The van der Waals surface area contributed by atoms with E-state index in [1.165, 1.54) is 0 Å². The molecule has 3 N–H and O–H groups in total. The second kappa shape index (κ2) is 7.01. The van der Waals surface area contributed by atoms with Crippen LogP contribution in [0.15, 0.2) is 18.3 Å². The number of pyridine rings is 1. The molecule has 17 heavy (non-hydrogen) atoms. The smallest absolute Gasteiger partial charge is 0.270 e. The maximum atomic E-state index is 11.9. The monoisotopic (exact) mass is 235 g/mol. The van der Waals surface area contributed by atoms with Crippen molar-refractivity contribution in [1.82, 2.24) is 10.3 Å². The summed E-state index contributed by atoms with van der Waals surface area (Å²) in [6.45, 7) is 5.33. The molecule has 0 saturated heterocycles. The normalized spacial score (nSPS) is 12.2. The van der Waals surface area contributed by atoms with E-state index >= 15 is 0 Å². The molecule has 1 aromatic heterocycles. The number of nitrogens with two attached hydrogens (primary N) is 1. The van der Waals surface area contributed by atoms with Gasteiger partial charge in [-0.25, -0.2) is 0 Å². The first-order valence-electron chi connectivity index (χ1n) is 6.08. The van der Waals surface area contributed by atoms with Crippen molar-refractivity contribution < 1.29 is 4.79 Å². The van der Waals surface area contributed by atoms with Gasteiger partial charge in [0.25, 0.3) is 5.91 Å². The summed E-state index contributed by atoms with van der Waals surface area (Å²) in [5, 5.41) is 2.92. The number of hydrogen-bond acceptors (Lipinski definition) is 3. The Kier molecular flexibility index (Phi) is 5.63. The SMILES string of the molecule is CCC(CCN)CNC(=O)c1ncccc1C. The Balaban J connectivity index is 2.52. The van der Waals surface area contributed by atoms with Gasteiger partial charge in [-0.05, 0) is 37.4 Å². The molecule has 1 atom stereocenters. The van der Waals surface area contributed by atoms with Gasteiger partial charge in [0.15, 0.2) is 0 Å². The zero-order valence-corrected chi connectivity index (χ0v) is 10.6. The van der Waals surface area contributed by atoms with Crippen LogP contribution in [0.5, 0.6) is 0 Å². The molecule has 0 aliphatic rings. The number of hydrogen-bond donors (Lipinski definition) is 2. The Labute approximate surface area is 103 Å². The summed E-state index contributed by atoms with van der Waals surface area (Å²) >= 11 is 0. The lowest BCUT2D eigenvalue weighted by atomic mass is 10.0. The Morgan fingerprint density at radius 3 is 2.94 bits per heavy atom. The zero-order valence-electron chi connectivity index (χ0n) is 10.6. The Hall–Kier alpha value is -1.42. The average molecular weight is 235 g/mol. The molecule has 0 saturated carbocycles. The van der Waals surface area contributed by atoms with Gasteiger partial charge in [0, 0.05) is 12.7 Å². The summed E-state index contributed by atoms with van der Waals surface area (Å²) in [7, 11) is 0. The summed E-state index contributed by atoms with van der Waals surface area (Å²) in [5.41, 5.74) is 6.93. The van der Waals surface area contributed by atoms with Crippen LogP contribution in [0.4, 0.5) is 0 Å². The molecule has 94 valence electrons. The van der Waals surface area contributed by atoms with E-state index in [1.807, 2.05) is 19.1 Å². The fourth-order valence-electron chi connectivity index (χ4n) is 1.73. The molecule has 4 heteroatoms. The number of nitrogens with one attached hydrogen (secondary N) is 1. The number of carbonyl (C=O) groups is 1. The predicted octanol–water partition coefficient (Wildman–Crippen LogP) is 1.49. The summed E-state index contributed by atoms with van der Waals surface area (Å²) in [6, 6.07) is 3.72. The molecule has 0 spiro atoms. The molecular formula is C13H21N3O. The summed E-state index contributed by atoms with van der Waals surface area (Å²) in [5.74, 6) is 0.353. The van der Waals surface area contributed by atoms with Gasteiger partial charge in [0.2, 0.25) is 0 Å². The summed E-state index contributed by atoms with van der Waals surface area (Å²) in [6.07, 6.45) is 3.61. The number of amides is 1. The molecule has 1 amide bonds. The highest BCUT2D eigenvalue weighted by molar-refractivity contribution is 5.93. The molecular weight excluding hydrogens is 214 g/mol. The number of aryl methyl sites for hydroxylation is 1. The highest BCUT2D eigenvalue weighted by Gasteiger charge is 2.12. The molecule has 0 aromatic carbocycles. The second-order valence-electron chi connectivity index (χ2n) is 4.23. The van der Waals surface area contributed by atoms with Crippen LogP contribution in [0.1, 0.15) is 35.8 Å². The number of rotatable bonds is 6. The van der Waals surface area contributed by atoms with Crippen molar-refractivity contribution in [3.05, 3.63) is 29.6 Å². The van der Waals surface area contributed by atoms with Gasteiger partial charge in [-0.1, -0.05) is 19.4 Å². The van der Waals surface area contributed by atoms with Crippen LogP contribution in [-0.4, -0.2) is 24.0 Å². The van der Waals surface area contributed by atoms with Crippen molar-refractivity contribution in [2.45, 2.75) is 26.7 Å². The van der Waals surface area contributed by atoms with Gasteiger partial charge in [0.05, 0.1) is 0 Å². The Morgan fingerprint density at radius 2 is 2.35 bits per heavy atom. The van der Waals surface area contributed by atoms with E-state index in [9.17, 15) is 4.79 Å². The van der Waals surface area contributed by atoms with Crippen LogP contribution in [0.25, 0.3) is 0 Å². The lowest BCUT2D eigenvalue weighted by molar-refractivity contribution is 0.0940. The third-order valence-corrected chi connectivity index (χ3v) is 2.93. The van der Waals surface area contributed by atoms with Gasteiger partial charge in [0.1, 0.15) is 5.69 Å². The van der Waals surface area contributed by atoms with E-state index in [0.29, 0.717) is 24.7 Å². The third kappa shape index (κ3) is 4.15. The molecule has 0 bridgehead atoms. The molecule has 0 aliphatic carbocycles. The second-order valence-corrected chi connectivity index (χ2v) is 4.23. The van der Waals surface area contributed by atoms with Crippen molar-refractivity contribution in [3.63, 3.8) is 0 Å². The lowest BCUT2D eigenvalue weighted by Crippen LogP contribution is -2.31. The van der Waals surface area contributed by atoms with E-state index < -0.39 is 0 Å². The van der Waals surface area contributed by atoms with Crippen molar-refractivity contribution in [3.8, 4) is 0 Å². The van der Waals surface area contributed by atoms with Crippen LogP contribution in [0.3, 0.4) is 0 Å². The minimum atomic E-state index is -0.0985. The molecule has 1 heterocycles. The van der Waals surface area contributed by atoms with Gasteiger partial charge < -0.3 is 11.1 Å². The van der Waals surface area contributed by atoms with Gasteiger partial charge in [-0.3, -0.25) is 9.78 Å². The van der Waals surface area contributed by atoms with Crippen molar-refractivity contribution in [2.75, 3.05) is 13.1 Å². The van der Waals surface area contributed by atoms with E-state index in [2.05, 4.69) is 17.2 Å². The maximum absolute atomic E-state index is 11.9. The largest absolute Gasteiger partial charge is 0.350 e. The molecule has 0 radical (unpaired) electrons. The number of aromatic nitrogens is 1. The minimum Gasteiger partial charge on any atom is -0.350 e. The minimum absolute atomic E-state index is 0.0985. The van der Waals surface area contributed by atoms with E-state index in [1.54, 1.807) is 6.20 Å². The van der Waals surface area contributed by atoms with Crippen molar-refractivity contribution >= 4 is 5.91 Å². The molecule has 1 aromatic rings. The standard InChI is InChI=1S/C13H21N3O/c1-3-11(6-7-14)9-16-13(17)12-10(2)5-4-8-15-12/h4-5,8,11H,3,6-7,9,14H2,1-2H3,(H,16,17). The van der Waals surface area contributed by atoms with Gasteiger partial charge in [-0.2, -0.15) is 0 Å². The first kappa shape index (κ1) is 13.6. The van der Waals surface area contributed by atoms with Crippen LogP contribution >= 0.6 is 0 Å². The maximum Gasteiger partial charge on any atom is 0.270 e. The van der Waals surface area contributed by atoms with Crippen LogP contribution in [0, 0.1) is 12.8 Å². The first-order valence-corrected chi connectivity index (χ1v) is 6.08. The molecule has 1 rings (SSSR count). The predicted molar refractivity (Wildman–Crippen MR) is 68.8 cm³/mol.